The number of hydrogen-bond donors (Lipinski definition) is 2. The van der Waals surface area contributed by atoms with Crippen LogP contribution in [0.5, 0.6) is 5.75 Å². The second-order valence-corrected chi connectivity index (χ2v) is 8.14. The maximum atomic E-state index is 13.0. The Kier molecular flexibility index (Phi) is 5.48. The fraction of sp³-hybridized carbons (Fsp3) is 0.381. The lowest BCUT2D eigenvalue weighted by molar-refractivity contribution is -0.132. The fourth-order valence-electron chi connectivity index (χ4n) is 3.96. The molecule has 27 heavy (non-hydrogen) atoms. The van der Waals surface area contributed by atoms with Crippen molar-refractivity contribution in [2.45, 2.75) is 30.8 Å². The number of ether oxygens (including phenoxy) is 1. The minimum absolute atomic E-state index is 0.159. The number of hydrogen-bond acceptors (Lipinski definition) is 4. The molecular weight excluding hydrogens is 406 g/mol. The van der Waals surface area contributed by atoms with Crippen LogP contribution in [0.25, 0.3) is 0 Å². The number of halogens is 1. The summed E-state index contributed by atoms with van der Waals surface area (Å²) in [6.07, 6.45) is 1.78. The smallest absolute Gasteiger partial charge is 0.241 e. The summed E-state index contributed by atoms with van der Waals surface area (Å²) in [5.74, 6) is 1.46. The Morgan fingerprint density at radius 3 is 2.48 bits per heavy atom. The molecule has 0 aromatic heterocycles. The van der Waals surface area contributed by atoms with Crippen LogP contribution in [-0.4, -0.2) is 37.0 Å². The van der Waals surface area contributed by atoms with Crippen molar-refractivity contribution in [1.82, 2.24) is 15.8 Å². The molecule has 1 amide bonds. The maximum Gasteiger partial charge on any atom is 0.241 e. The molecule has 0 saturated carbocycles. The quantitative estimate of drug-likeness (QED) is 0.781. The maximum absolute atomic E-state index is 13.0. The Morgan fingerprint density at radius 2 is 1.78 bits per heavy atom. The highest BCUT2D eigenvalue weighted by molar-refractivity contribution is 9.10. The first-order valence-electron chi connectivity index (χ1n) is 9.33. The van der Waals surface area contributed by atoms with E-state index in [9.17, 15) is 4.79 Å². The zero-order chi connectivity index (χ0) is 18.8. The van der Waals surface area contributed by atoms with Crippen LogP contribution in [0.1, 0.15) is 35.9 Å². The van der Waals surface area contributed by atoms with Gasteiger partial charge in [-0.25, -0.2) is 10.9 Å². The molecule has 2 fully saturated rings. The van der Waals surface area contributed by atoms with Crippen LogP contribution in [0.15, 0.2) is 53.0 Å². The van der Waals surface area contributed by atoms with Crippen molar-refractivity contribution >= 4 is 21.8 Å². The Hall–Kier alpha value is -1.89. The zero-order valence-electron chi connectivity index (χ0n) is 15.3. The lowest BCUT2D eigenvalue weighted by Crippen LogP contribution is -2.44. The van der Waals surface area contributed by atoms with Gasteiger partial charge in [-0.1, -0.05) is 40.2 Å². The van der Waals surface area contributed by atoms with Gasteiger partial charge in [-0.3, -0.25) is 4.79 Å². The van der Waals surface area contributed by atoms with E-state index in [-0.39, 0.29) is 18.0 Å². The molecule has 0 aliphatic carbocycles. The van der Waals surface area contributed by atoms with Gasteiger partial charge in [0.15, 0.2) is 0 Å². The summed E-state index contributed by atoms with van der Waals surface area (Å²) < 4.78 is 6.29. The van der Waals surface area contributed by atoms with E-state index in [0.717, 1.165) is 36.2 Å². The van der Waals surface area contributed by atoms with Gasteiger partial charge in [-0.05, 0) is 48.2 Å². The van der Waals surface area contributed by atoms with Crippen molar-refractivity contribution in [1.29, 1.82) is 0 Å². The highest BCUT2D eigenvalue weighted by Crippen LogP contribution is 2.30. The van der Waals surface area contributed by atoms with Crippen LogP contribution in [0.4, 0.5) is 0 Å². The van der Waals surface area contributed by atoms with Crippen molar-refractivity contribution < 1.29 is 9.53 Å². The summed E-state index contributed by atoms with van der Waals surface area (Å²) in [6.45, 7) is 1.60. The lowest BCUT2D eigenvalue weighted by Gasteiger charge is -2.20. The average molecular weight is 430 g/mol. The SMILES string of the molecule is COc1ccc(C2CCN(C(=O)C3CC(c4ccc(Br)cc4)NN3)C2)cc1. The molecule has 0 radical (unpaired) electrons. The molecule has 6 heteroatoms. The molecule has 142 valence electrons. The van der Waals surface area contributed by atoms with E-state index in [2.05, 4.69) is 51.0 Å². The van der Waals surface area contributed by atoms with Crippen LogP contribution in [0, 0.1) is 0 Å². The molecule has 2 aliphatic heterocycles. The molecule has 2 heterocycles. The van der Waals surface area contributed by atoms with Gasteiger partial charge in [-0.2, -0.15) is 0 Å². The third kappa shape index (κ3) is 4.03. The first-order chi connectivity index (χ1) is 13.1. The number of carbonyl (C=O) groups excluding carboxylic acids is 1. The van der Waals surface area contributed by atoms with Gasteiger partial charge in [0, 0.05) is 29.5 Å². The number of rotatable bonds is 4. The van der Waals surface area contributed by atoms with Crippen LogP contribution >= 0.6 is 15.9 Å². The molecule has 2 N–H and O–H groups in total. The van der Waals surface area contributed by atoms with Crippen molar-refractivity contribution in [2.24, 2.45) is 0 Å². The zero-order valence-corrected chi connectivity index (χ0v) is 16.9. The number of hydrazine groups is 1. The third-order valence-corrected chi connectivity index (χ3v) is 6.09. The van der Waals surface area contributed by atoms with E-state index >= 15 is 0 Å². The summed E-state index contributed by atoms with van der Waals surface area (Å²) in [5, 5.41) is 0. The van der Waals surface area contributed by atoms with Gasteiger partial charge in [0.1, 0.15) is 11.8 Å². The van der Waals surface area contributed by atoms with Crippen molar-refractivity contribution in [3.63, 3.8) is 0 Å². The average Bonchev–Trinajstić information content (AvgIpc) is 3.38. The number of carbonyl (C=O) groups is 1. The van der Waals surface area contributed by atoms with Crippen LogP contribution in [-0.2, 0) is 4.79 Å². The van der Waals surface area contributed by atoms with Crippen molar-refractivity contribution in [3.8, 4) is 5.75 Å². The Morgan fingerprint density at radius 1 is 1.07 bits per heavy atom. The first-order valence-corrected chi connectivity index (χ1v) is 10.1. The van der Waals surface area contributed by atoms with E-state index in [1.54, 1.807) is 7.11 Å². The predicted molar refractivity (Wildman–Crippen MR) is 108 cm³/mol. The number of methoxy groups -OCH3 is 1. The highest BCUT2D eigenvalue weighted by atomic mass is 79.9. The first kappa shape index (κ1) is 18.5. The molecular formula is C21H24BrN3O2. The topological polar surface area (TPSA) is 53.6 Å². The van der Waals surface area contributed by atoms with E-state index < -0.39 is 0 Å². The second-order valence-electron chi connectivity index (χ2n) is 7.22. The largest absolute Gasteiger partial charge is 0.497 e. The summed E-state index contributed by atoms with van der Waals surface area (Å²) >= 11 is 3.46. The Labute approximate surface area is 168 Å². The third-order valence-electron chi connectivity index (χ3n) is 5.56. The molecule has 3 atom stereocenters. The van der Waals surface area contributed by atoms with Crippen LogP contribution in [0.3, 0.4) is 0 Å². The van der Waals surface area contributed by atoms with Gasteiger partial charge in [0.05, 0.1) is 7.11 Å². The van der Waals surface area contributed by atoms with Gasteiger partial charge >= 0.3 is 0 Å². The molecule has 2 saturated heterocycles. The molecule has 0 spiro atoms. The molecule has 4 rings (SSSR count). The predicted octanol–water partition coefficient (Wildman–Crippen LogP) is 3.38. The summed E-state index contributed by atoms with van der Waals surface area (Å²) in [7, 11) is 1.68. The lowest BCUT2D eigenvalue weighted by atomic mass is 9.98. The van der Waals surface area contributed by atoms with Gasteiger partial charge in [-0.15, -0.1) is 0 Å². The van der Waals surface area contributed by atoms with Gasteiger partial charge in [0.2, 0.25) is 5.91 Å². The van der Waals surface area contributed by atoms with Gasteiger partial charge < -0.3 is 9.64 Å². The van der Waals surface area contributed by atoms with Crippen molar-refractivity contribution in [3.05, 3.63) is 64.1 Å². The number of nitrogens with zero attached hydrogens (tertiary/aromatic N) is 1. The second kappa shape index (κ2) is 8.00. The standard InChI is InChI=1S/C21H24BrN3O2/c1-27-18-8-4-14(5-9-18)16-10-11-25(13-16)21(26)20-12-19(23-24-20)15-2-6-17(22)7-3-15/h2-9,16,19-20,23-24H,10-13H2,1H3. The molecule has 2 aliphatic rings. The fourth-order valence-corrected chi connectivity index (χ4v) is 4.23. The normalized spacial score (nSPS) is 25.0. The monoisotopic (exact) mass is 429 g/mol. The Balaban J connectivity index is 1.35. The van der Waals surface area contributed by atoms with E-state index in [4.69, 9.17) is 4.74 Å². The summed E-state index contributed by atoms with van der Waals surface area (Å²) in [6, 6.07) is 16.4. The molecule has 3 unspecified atom stereocenters. The van der Waals surface area contributed by atoms with Gasteiger partial charge in [0.25, 0.3) is 0 Å². The number of likely N-dealkylation sites (tertiary alicyclic amines) is 1. The number of nitrogens with one attached hydrogen (secondary N) is 2. The van der Waals surface area contributed by atoms with E-state index in [1.165, 1.54) is 11.1 Å². The summed E-state index contributed by atoms with van der Waals surface area (Å²) in [5.41, 5.74) is 8.94. The number of benzene rings is 2. The van der Waals surface area contributed by atoms with Crippen molar-refractivity contribution in [2.75, 3.05) is 20.2 Å². The van der Waals surface area contributed by atoms with E-state index in [0.29, 0.717) is 5.92 Å². The minimum Gasteiger partial charge on any atom is -0.497 e. The Bertz CT molecular complexity index is 794. The van der Waals surface area contributed by atoms with E-state index in [1.807, 2.05) is 29.2 Å². The van der Waals surface area contributed by atoms with Crippen LogP contribution < -0.4 is 15.6 Å². The molecule has 2 aromatic carbocycles. The minimum atomic E-state index is -0.173. The van der Waals surface area contributed by atoms with Crippen LogP contribution in [0.2, 0.25) is 0 Å². The number of amides is 1. The molecule has 2 aromatic rings. The molecule has 5 nitrogen and oxygen atoms in total. The summed E-state index contributed by atoms with van der Waals surface area (Å²) in [4.78, 5) is 15.0. The highest BCUT2D eigenvalue weighted by Gasteiger charge is 2.36. The molecule has 0 bridgehead atoms.